The number of aryl methyl sites for hydroxylation is 1. The lowest BCUT2D eigenvalue weighted by Gasteiger charge is -2.21. The molecular weight excluding hydrogens is 232 g/mol. The fourth-order valence-electron chi connectivity index (χ4n) is 1.78. The zero-order chi connectivity index (χ0) is 13.7. The summed E-state index contributed by atoms with van der Waals surface area (Å²) in [5.74, 6) is -0.136. The summed E-state index contributed by atoms with van der Waals surface area (Å²) in [7, 11) is 3.16. The minimum absolute atomic E-state index is 0.136. The first-order valence-corrected chi connectivity index (χ1v) is 5.74. The highest BCUT2D eigenvalue weighted by Gasteiger charge is 2.17. The zero-order valence-electron chi connectivity index (χ0n) is 11.0. The second kappa shape index (κ2) is 6.37. The van der Waals surface area contributed by atoms with Gasteiger partial charge in [-0.1, -0.05) is 0 Å². The number of benzene rings is 1. The van der Waals surface area contributed by atoms with Crippen molar-refractivity contribution in [2.75, 3.05) is 33.0 Å². The molecular formula is C13H20N2O3. The maximum atomic E-state index is 12.1. The Morgan fingerprint density at radius 2 is 2.22 bits per heavy atom. The number of methoxy groups -OCH3 is 1. The third-order valence-electron chi connectivity index (χ3n) is 2.67. The van der Waals surface area contributed by atoms with Gasteiger partial charge in [0.25, 0.3) is 5.91 Å². The van der Waals surface area contributed by atoms with E-state index < -0.39 is 6.10 Å². The van der Waals surface area contributed by atoms with Gasteiger partial charge in [-0.2, -0.15) is 0 Å². The van der Waals surface area contributed by atoms with Gasteiger partial charge in [0.1, 0.15) is 0 Å². The number of carbonyl (C=O) groups excluding carboxylic acids is 1. The van der Waals surface area contributed by atoms with E-state index in [0.29, 0.717) is 11.3 Å². The number of nitrogens with zero attached hydrogens (tertiary/aromatic N) is 1. The molecule has 0 saturated carbocycles. The average molecular weight is 252 g/mol. The van der Waals surface area contributed by atoms with Crippen LogP contribution < -0.4 is 5.73 Å². The summed E-state index contributed by atoms with van der Waals surface area (Å²) >= 11 is 0. The summed E-state index contributed by atoms with van der Waals surface area (Å²) in [6.07, 6.45) is -0.682. The molecule has 3 N–H and O–H groups in total. The van der Waals surface area contributed by atoms with Gasteiger partial charge < -0.3 is 20.5 Å². The molecule has 1 amide bonds. The normalized spacial score (nSPS) is 12.2. The highest BCUT2D eigenvalue weighted by atomic mass is 16.5. The van der Waals surface area contributed by atoms with Crippen molar-refractivity contribution >= 4 is 11.6 Å². The summed E-state index contributed by atoms with van der Waals surface area (Å²) < 4.78 is 4.82. The van der Waals surface area contributed by atoms with Crippen molar-refractivity contribution in [3.05, 3.63) is 29.3 Å². The molecule has 0 aromatic heterocycles. The average Bonchev–Trinajstić information content (AvgIpc) is 2.28. The van der Waals surface area contributed by atoms with Crippen LogP contribution in [0.1, 0.15) is 15.9 Å². The van der Waals surface area contributed by atoms with E-state index in [1.54, 1.807) is 25.2 Å². The Balaban J connectivity index is 2.74. The Bertz CT molecular complexity index is 421. The third kappa shape index (κ3) is 3.72. The van der Waals surface area contributed by atoms with Crippen LogP contribution in [-0.2, 0) is 4.74 Å². The van der Waals surface area contributed by atoms with Crippen LogP contribution in [0.3, 0.4) is 0 Å². The summed E-state index contributed by atoms with van der Waals surface area (Å²) in [4.78, 5) is 13.6. The molecule has 1 rings (SSSR count). The van der Waals surface area contributed by atoms with Crippen LogP contribution in [0.5, 0.6) is 0 Å². The zero-order valence-corrected chi connectivity index (χ0v) is 11.0. The van der Waals surface area contributed by atoms with Crippen LogP contribution in [-0.4, -0.2) is 49.3 Å². The molecule has 100 valence electrons. The largest absolute Gasteiger partial charge is 0.399 e. The van der Waals surface area contributed by atoms with Gasteiger partial charge >= 0.3 is 0 Å². The van der Waals surface area contributed by atoms with E-state index in [9.17, 15) is 9.90 Å². The predicted molar refractivity (Wildman–Crippen MR) is 70.4 cm³/mol. The quantitative estimate of drug-likeness (QED) is 0.755. The Hall–Kier alpha value is -1.59. The Kier molecular flexibility index (Phi) is 5.12. The van der Waals surface area contributed by atoms with Crippen LogP contribution in [0.4, 0.5) is 5.69 Å². The summed E-state index contributed by atoms with van der Waals surface area (Å²) in [5.41, 5.74) is 7.69. The number of likely N-dealkylation sites (N-methyl/N-ethyl adjacent to an activating group) is 1. The number of rotatable bonds is 5. The van der Waals surface area contributed by atoms with E-state index in [1.165, 1.54) is 12.0 Å². The smallest absolute Gasteiger partial charge is 0.253 e. The van der Waals surface area contributed by atoms with Crippen molar-refractivity contribution in [1.82, 2.24) is 4.90 Å². The summed E-state index contributed by atoms with van der Waals surface area (Å²) in [5, 5.41) is 9.59. The van der Waals surface area contributed by atoms with E-state index in [1.807, 2.05) is 6.92 Å². The lowest BCUT2D eigenvalue weighted by molar-refractivity contribution is 0.0380. The molecule has 18 heavy (non-hydrogen) atoms. The molecule has 5 nitrogen and oxygen atoms in total. The minimum Gasteiger partial charge on any atom is -0.399 e. The first-order chi connectivity index (χ1) is 8.45. The Morgan fingerprint density at radius 3 is 2.78 bits per heavy atom. The molecule has 5 heteroatoms. The van der Waals surface area contributed by atoms with E-state index in [2.05, 4.69) is 0 Å². The van der Waals surface area contributed by atoms with Gasteiger partial charge in [0.05, 0.1) is 12.7 Å². The number of hydrogen-bond acceptors (Lipinski definition) is 4. The molecule has 0 spiro atoms. The molecule has 1 unspecified atom stereocenters. The molecule has 0 aliphatic carbocycles. The molecule has 0 aliphatic heterocycles. The van der Waals surface area contributed by atoms with E-state index in [4.69, 9.17) is 10.5 Å². The Morgan fingerprint density at radius 1 is 1.56 bits per heavy atom. The van der Waals surface area contributed by atoms with Gasteiger partial charge in [0.15, 0.2) is 0 Å². The van der Waals surface area contributed by atoms with E-state index >= 15 is 0 Å². The van der Waals surface area contributed by atoms with Gasteiger partial charge in [-0.05, 0) is 30.7 Å². The fourth-order valence-corrected chi connectivity index (χ4v) is 1.78. The lowest BCUT2D eigenvalue weighted by atomic mass is 10.1. The van der Waals surface area contributed by atoms with Gasteiger partial charge in [0, 0.05) is 32.0 Å². The maximum absolute atomic E-state index is 12.1. The molecule has 0 radical (unpaired) electrons. The number of anilines is 1. The van der Waals surface area contributed by atoms with Crippen molar-refractivity contribution in [3.8, 4) is 0 Å². The third-order valence-corrected chi connectivity index (χ3v) is 2.67. The molecule has 1 atom stereocenters. The molecule has 0 aliphatic rings. The number of carbonyl (C=O) groups is 1. The van der Waals surface area contributed by atoms with Gasteiger partial charge in [0.2, 0.25) is 0 Å². The maximum Gasteiger partial charge on any atom is 0.253 e. The standard InChI is InChI=1S/C13H20N2O3/c1-9-6-10(14)4-5-12(9)13(17)15(2)7-11(16)8-18-3/h4-6,11,16H,7-8,14H2,1-3H3. The molecule has 0 saturated heterocycles. The summed E-state index contributed by atoms with van der Waals surface area (Å²) in [6.45, 7) is 2.28. The van der Waals surface area contributed by atoms with Gasteiger partial charge in [-0.3, -0.25) is 4.79 Å². The number of aliphatic hydroxyl groups is 1. The monoisotopic (exact) mass is 252 g/mol. The number of hydrogen-bond donors (Lipinski definition) is 2. The fraction of sp³-hybridized carbons (Fsp3) is 0.462. The topological polar surface area (TPSA) is 75.8 Å². The molecule has 0 fully saturated rings. The van der Waals surface area contributed by atoms with E-state index in [0.717, 1.165) is 5.56 Å². The van der Waals surface area contributed by atoms with Crippen molar-refractivity contribution in [2.45, 2.75) is 13.0 Å². The molecule has 0 heterocycles. The second-order valence-electron chi connectivity index (χ2n) is 4.37. The first kappa shape index (κ1) is 14.5. The number of nitrogen functional groups attached to an aromatic ring is 1. The van der Waals surface area contributed by atoms with Crippen molar-refractivity contribution in [2.24, 2.45) is 0 Å². The number of amides is 1. The van der Waals surface area contributed by atoms with Gasteiger partial charge in [-0.25, -0.2) is 0 Å². The predicted octanol–water partition coefficient (Wildman–Crippen LogP) is 0.657. The molecule has 1 aromatic carbocycles. The van der Waals surface area contributed by atoms with Gasteiger partial charge in [-0.15, -0.1) is 0 Å². The van der Waals surface area contributed by atoms with Crippen molar-refractivity contribution < 1.29 is 14.6 Å². The van der Waals surface area contributed by atoms with E-state index in [-0.39, 0.29) is 19.1 Å². The number of aliphatic hydroxyl groups excluding tert-OH is 1. The van der Waals surface area contributed by atoms with Crippen LogP contribution in [0.25, 0.3) is 0 Å². The second-order valence-corrected chi connectivity index (χ2v) is 4.37. The van der Waals surface area contributed by atoms with Crippen LogP contribution in [0.2, 0.25) is 0 Å². The van der Waals surface area contributed by atoms with Crippen LogP contribution in [0, 0.1) is 6.92 Å². The number of nitrogens with two attached hydrogens (primary N) is 1. The van der Waals surface area contributed by atoms with Crippen LogP contribution in [0.15, 0.2) is 18.2 Å². The van der Waals surface area contributed by atoms with Crippen molar-refractivity contribution in [1.29, 1.82) is 0 Å². The molecule has 0 bridgehead atoms. The highest BCUT2D eigenvalue weighted by Crippen LogP contribution is 2.14. The molecule has 1 aromatic rings. The number of ether oxygens (including phenoxy) is 1. The SMILES string of the molecule is COCC(O)CN(C)C(=O)c1ccc(N)cc1C. The highest BCUT2D eigenvalue weighted by molar-refractivity contribution is 5.95. The lowest BCUT2D eigenvalue weighted by Crippen LogP contribution is -2.36. The minimum atomic E-state index is -0.682. The van der Waals surface area contributed by atoms with Crippen LogP contribution >= 0.6 is 0 Å². The first-order valence-electron chi connectivity index (χ1n) is 5.74. The Labute approximate surface area is 107 Å². The summed E-state index contributed by atoms with van der Waals surface area (Å²) in [6, 6.07) is 5.15. The van der Waals surface area contributed by atoms with Crippen molar-refractivity contribution in [3.63, 3.8) is 0 Å².